The molecular formula is C26H36N4O2. The summed E-state index contributed by atoms with van der Waals surface area (Å²) in [6, 6.07) is 8.31. The van der Waals surface area contributed by atoms with E-state index in [0.29, 0.717) is 12.3 Å². The molecule has 4 rings (SSSR count). The van der Waals surface area contributed by atoms with Gasteiger partial charge in [-0.2, -0.15) is 0 Å². The molecule has 2 heterocycles. The molecule has 0 aromatic heterocycles. The van der Waals surface area contributed by atoms with Gasteiger partial charge in [0.25, 0.3) is 0 Å². The number of aliphatic hydroxyl groups is 1. The average molecular weight is 437 g/mol. The van der Waals surface area contributed by atoms with Crippen molar-refractivity contribution in [2.75, 3.05) is 31.5 Å². The minimum absolute atomic E-state index is 0.0309. The Hall–Kier alpha value is -2.44. The van der Waals surface area contributed by atoms with Crippen molar-refractivity contribution in [2.45, 2.75) is 57.1 Å². The fourth-order valence-corrected chi connectivity index (χ4v) is 5.03. The highest BCUT2D eigenvalue weighted by Crippen LogP contribution is 2.33. The predicted molar refractivity (Wildman–Crippen MR) is 130 cm³/mol. The molecule has 0 spiro atoms. The zero-order valence-electron chi connectivity index (χ0n) is 18.9. The molecule has 1 aromatic carbocycles. The number of aliphatic imine (C=N–C) groups is 1. The second kappa shape index (κ2) is 10.5. The number of rotatable bonds is 8. The van der Waals surface area contributed by atoms with Gasteiger partial charge in [-0.05, 0) is 56.4 Å². The monoisotopic (exact) mass is 436 g/mol. The van der Waals surface area contributed by atoms with Crippen LogP contribution in [-0.4, -0.2) is 60.0 Å². The number of allylic oxidation sites excluding steroid dienone is 3. The summed E-state index contributed by atoms with van der Waals surface area (Å²) < 4.78 is 0. The summed E-state index contributed by atoms with van der Waals surface area (Å²) in [5, 5.41) is 13.1. The highest BCUT2D eigenvalue weighted by molar-refractivity contribution is 6.15. The molecule has 1 fully saturated rings. The highest BCUT2D eigenvalue weighted by Gasteiger charge is 2.39. The molecule has 6 nitrogen and oxygen atoms in total. The van der Waals surface area contributed by atoms with Crippen LogP contribution < -0.4 is 11.1 Å². The van der Waals surface area contributed by atoms with Gasteiger partial charge in [-0.25, -0.2) is 0 Å². The zero-order chi connectivity index (χ0) is 22.4. The van der Waals surface area contributed by atoms with E-state index in [9.17, 15) is 9.90 Å². The van der Waals surface area contributed by atoms with E-state index in [-0.39, 0.29) is 17.9 Å². The van der Waals surface area contributed by atoms with Crippen LogP contribution in [0.1, 0.15) is 44.1 Å². The van der Waals surface area contributed by atoms with Crippen LogP contribution in [0.5, 0.6) is 0 Å². The van der Waals surface area contributed by atoms with Crippen LogP contribution in [-0.2, 0) is 11.2 Å². The number of hydrogen-bond acceptors (Lipinski definition) is 5. The van der Waals surface area contributed by atoms with Crippen LogP contribution >= 0.6 is 0 Å². The van der Waals surface area contributed by atoms with Gasteiger partial charge in [0.1, 0.15) is 11.3 Å². The molecule has 0 radical (unpaired) electrons. The number of carbonyl (C=O) groups is 1. The van der Waals surface area contributed by atoms with Gasteiger partial charge in [0.05, 0.1) is 12.1 Å². The highest BCUT2D eigenvalue weighted by atomic mass is 16.3. The lowest BCUT2D eigenvalue weighted by molar-refractivity contribution is -0.119. The summed E-state index contributed by atoms with van der Waals surface area (Å²) in [5.41, 5.74) is 8.14. The third-order valence-electron chi connectivity index (χ3n) is 7.06. The number of nitrogens with zero attached hydrogens (tertiary/aromatic N) is 2. The molecule has 0 amide bonds. The Morgan fingerprint density at radius 3 is 2.81 bits per heavy atom. The second-order valence-corrected chi connectivity index (χ2v) is 9.35. The molecule has 3 aliphatic rings. The van der Waals surface area contributed by atoms with Gasteiger partial charge < -0.3 is 21.1 Å². The number of unbranched alkanes of at least 4 members (excludes halogenated alkanes) is 2. The molecule has 2 unspecified atom stereocenters. The third-order valence-corrected chi connectivity index (χ3v) is 7.06. The molecule has 32 heavy (non-hydrogen) atoms. The van der Waals surface area contributed by atoms with E-state index in [1.54, 1.807) is 12.2 Å². The summed E-state index contributed by atoms with van der Waals surface area (Å²) in [6.07, 6.45) is 13.5. The Morgan fingerprint density at radius 2 is 2.00 bits per heavy atom. The van der Waals surface area contributed by atoms with Gasteiger partial charge in [0.2, 0.25) is 0 Å². The first-order valence-electron chi connectivity index (χ1n) is 12.0. The van der Waals surface area contributed by atoms with Crippen molar-refractivity contribution < 1.29 is 9.90 Å². The van der Waals surface area contributed by atoms with Crippen molar-refractivity contribution in [1.29, 1.82) is 0 Å². The predicted octanol–water partition coefficient (Wildman–Crippen LogP) is 3.08. The number of nitrogens with one attached hydrogen (secondary N) is 1. The number of piperidine rings is 1. The Morgan fingerprint density at radius 1 is 1.19 bits per heavy atom. The maximum atomic E-state index is 13.0. The van der Waals surface area contributed by atoms with E-state index in [4.69, 9.17) is 10.7 Å². The molecule has 1 aliphatic carbocycles. The number of anilines is 1. The minimum Gasteiger partial charge on any atom is -0.393 e. The topological polar surface area (TPSA) is 90.9 Å². The van der Waals surface area contributed by atoms with Crippen LogP contribution in [0.25, 0.3) is 0 Å². The summed E-state index contributed by atoms with van der Waals surface area (Å²) >= 11 is 0. The first-order valence-corrected chi connectivity index (χ1v) is 12.0. The molecule has 2 atom stereocenters. The van der Waals surface area contributed by atoms with E-state index in [1.165, 1.54) is 5.56 Å². The molecule has 0 bridgehead atoms. The first-order chi connectivity index (χ1) is 15.6. The molecule has 1 saturated heterocycles. The molecule has 0 saturated carbocycles. The molecular weight excluding hydrogens is 400 g/mol. The van der Waals surface area contributed by atoms with E-state index in [0.717, 1.165) is 70.4 Å². The van der Waals surface area contributed by atoms with Gasteiger partial charge >= 0.3 is 0 Å². The Bertz CT molecular complexity index is 886. The number of benzene rings is 1. The van der Waals surface area contributed by atoms with Crippen molar-refractivity contribution in [3.8, 4) is 0 Å². The van der Waals surface area contributed by atoms with Crippen LogP contribution in [0.3, 0.4) is 0 Å². The first kappa shape index (κ1) is 22.7. The molecule has 1 aromatic rings. The number of amidine groups is 1. The fourth-order valence-electron chi connectivity index (χ4n) is 5.03. The number of likely N-dealkylation sites (tertiary alicyclic amines) is 1. The Labute approximate surface area is 191 Å². The quantitative estimate of drug-likeness (QED) is 0.331. The van der Waals surface area contributed by atoms with Crippen LogP contribution in [0.4, 0.5) is 5.69 Å². The Balaban J connectivity index is 1.35. The third kappa shape index (κ3) is 5.30. The molecule has 6 heteroatoms. The van der Waals surface area contributed by atoms with Gasteiger partial charge in [0.15, 0.2) is 5.78 Å². The molecule has 172 valence electrons. The summed E-state index contributed by atoms with van der Waals surface area (Å²) in [5.74, 6) is 0.481. The lowest BCUT2D eigenvalue weighted by atomic mass is 9.75. The minimum atomic E-state index is -0.819. The number of para-hydroxylation sites is 1. The van der Waals surface area contributed by atoms with Gasteiger partial charge in [-0.1, -0.05) is 49.3 Å². The van der Waals surface area contributed by atoms with E-state index < -0.39 is 5.41 Å². The van der Waals surface area contributed by atoms with Gasteiger partial charge in [-0.15, -0.1) is 0 Å². The van der Waals surface area contributed by atoms with Crippen LogP contribution in [0.2, 0.25) is 0 Å². The fraction of sp³-hybridized carbons (Fsp3) is 0.538. The Kier molecular flexibility index (Phi) is 7.43. The van der Waals surface area contributed by atoms with Crippen molar-refractivity contribution in [3.05, 3.63) is 54.1 Å². The lowest BCUT2D eigenvalue weighted by Gasteiger charge is -2.32. The number of aliphatic hydroxyl groups excluding tert-OH is 1. The smallest absolute Gasteiger partial charge is 0.173 e. The van der Waals surface area contributed by atoms with Crippen molar-refractivity contribution >= 4 is 17.3 Å². The SMILES string of the molecule is NC(=NC1CNc2ccccc2C1)C1(CCCCCN2CCC(O)CC2)C=CC=CC1=O. The average Bonchev–Trinajstić information content (AvgIpc) is 2.81. The number of nitrogens with two attached hydrogens (primary N) is 1. The van der Waals surface area contributed by atoms with E-state index >= 15 is 0 Å². The molecule has 2 aliphatic heterocycles. The second-order valence-electron chi connectivity index (χ2n) is 9.35. The summed E-state index contributed by atoms with van der Waals surface area (Å²) in [6.45, 7) is 3.75. The largest absolute Gasteiger partial charge is 0.393 e. The number of fused-ring (bicyclic) bond motifs is 1. The van der Waals surface area contributed by atoms with Crippen molar-refractivity contribution in [1.82, 2.24) is 4.90 Å². The summed E-state index contributed by atoms with van der Waals surface area (Å²) in [4.78, 5) is 20.3. The maximum Gasteiger partial charge on any atom is 0.173 e. The van der Waals surface area contributed by atoms with Gasteiger partial charge in [-0.3, -0.25) is 9.79 Å². The van der Waals surface area contributed by atoms with Crippen LogP contribution in [0.15, 0.2) is 53.6 Å². The van der Waals surface area contributed by atoms with E-state index in [1.807, 2.05) is 24.3 Å². The number of hydrogen-bond donors (Lipinski definition) is 3. The zero-order valence-corrected chi connectivity index (χ0v) is 18.9. The van der Waals surface area contributed by atoms with Crippen molar-refractivity contribution in [3.63, 3.8) is 0 Å². The van der Waals surface area contributed by atoms with Crippen molar-refractivity contribution in [2.24, 2.45) is 16.1 Å². The summed E-state index contributed by atoms with van der Waals surface area (Å²) in [7, 11) is 0. The van der Waals surface area contributed by atoms with E-state index in [2.05, 4.69) is 22.3 Å². The van der Waals surface area contributed by atoms with Crippen LogP contribution in [0, 0.1) is 5.41 Å². The normalized spacial score (nSPS) is 26.7. The number of carbonyl (C=O) groups excluding carboxylic acids is 1. The van der Waals surface area contributed by atoms with Gasteiger partial charge in [0, 0.05) is 25.3 Å². The maximum absolute atomic E-state index is 13.0. The lowest BCUT2D eigenvalue weighted by Crippen LogP contribution is -2.44. The molecule has 4 N–H and O–H groups in total. The number of ketones is 1. The standard InChI is InChI=1S/C26H36N4O2/c27-25(29-21-18-20-8-2-3-9-23(20)28-19-21)26(14-6-4-10-24(26)32)13-5-1-7-15-30-16-11-22(31)12-17-30/h2-4,6,8-10,14,21-22,28,31H,1,5,7,11-13,15-19H2,(H2,27,29).